The predicted octanol–water partition coefficient (Wildman–Crippen LogP) is 4.83. The molecule has 31 heavy (non-hydrogen) atoms. The van der Waals surface area contributed by atoms with Crippen molar-refractivity contribution in [3.8, 4) is 11.5 Å². The lowest BCUT2D eigenvalue weighted by molar-refractivity contribution is 0.393. The van der Waals surface area contributed by atoms with Crippen LogP contribution in [-0.4, -0.2) is 28.9 Å². The molecule has 3 aromatic rings. The molecule has 1 N–H and O–H groups in total. The SMILES string of the molecule is COc1ccc(N2C(=S)N[C@@H](c3ccccn3)[C@@H]2c2ccn(C(C)(C)C)c2)c(OC)c1. The number of aromatic nitrogens is 2. The van der Waals surface area contributed by atoms with E-state index < -0.39 is 0 Å². The van der Waals surface area contributed by atoms with Crippen LogP contribution in [0, 0.1) is 0 Å². The maximum absolute atomic E-state index is 5.82. The molecule has 162 valence electrons. The van der Waals surface area contributed by atoms with Gasteiger partial charge in [0, 0.05) is 30.2 Å². The van der Waals surface area contributed by atoms with Crippen LogP contribution in [0.1, 0.15) is 44.1 Å². The molecule has 4 rings (SSSR count). The molecule has 0 aliphatic carbocycles. The third-order valence-corrected chi connectivity index (χ3v) is 5.89. The molecule has 1 saturated heterocycles. The zero-order valence-corrected chi connectivity index (χ0v) is 19.3. The van der Waals surface area contributed by atoms with Crippen LogP contribution in [0.15, 0.2) is 61.1 Å². The minimum atomic E-state index is -0.101. The summed E-state index contributed by atoms with van der Waals surface area (Å²) in [6, 6.07) is 13.7. The van der Waals surface area contributed by atoms with Gasteiger partial charge < -0.3 is 24.3 Å². The summed E-state index contributed by atoms with van der Waals surface area (Å²) in [5, 5.41) is 4.13. The highest BCUT2D eigenvalue weighted by molar-refractivity contribution is 7.80. The van der Waals surface area contributed by atoms with Crippen LogP contribution in [-0.2, 0) is 5.54 Å². The average molecular weight is 437 g/mol. The second-order valence-corrected chi connectivity index (χ2v) is 8.94. The van der Waals surface area contributed by atoms with Crippen molar-refractivity contribution in [3.63, 3.8) is 0 Å². The zero-order valence-electron chi connectivity index (χ0n) is 18.5. The molecular formula is C24H28N4O2S. The van der Waals surface area contributed by atoms with Crippen molar-refractivity contribution in [2.75, 3.05) is 19.1 Å². The monoisotopic (exact) mass is 436 g/mol. The number of nitrogens with one attached hydrogen (secondary N) is 1. The van der Waals surface area contributed by atoms with Crippen LogP contribution < -0.4 is 19.7 Å². The fourth-order valence-corrected chi connectivity index (χ4v) is 4.28. The van der Waals surface area contributed by atoms with E-state index in [4.69, 9.17) is 21.7 Å². The molecule has 2 atom stereocenters. The number of hydrogen-bond acceptors (Lipinski definition) is 4. The Balaban J connectivity index is 1.85. The minimum Gasteiger partial charge on any atom is -0.497 e. The highest BCUT2D eigenvalue weighted by Gasteiger charge is 2.42. The van der Waals surface area contributed by atoms with E-state index in [1.807, 2.05) is 42.6 Å². The molecule has 6 nitrogen and oxygen atoms in total. The lowest BCUT2D eigenvalue weighted by Gasteiger charge is -2.29. The van der Waals surface area contributed by atoms with Gasteiger partial charge in [-0.15, -0.1) is 0 Å². The van der Waals surface area contributed by atoms with E-state index in [0.717, 1.165) is 22.7 Å². The number of methoxy groups -OCH3 is 2. The summed E-state index contributed by atoms with van der Waals surface area (Å²) in [4.78, 5) is 6.74. The molecule has 1 aliphatic heterocycles. The Morgan fingerprint density at radius 3 is 2.48 bits per heavy atom. The van der Waals surface area contributed by atoms with Crippen molar-refractivity contribution in [1.29, 1.82) is 0 Å². The molecule has 1 fully saturated rings. The van der Waals surface area contributed by atoms with Gasteiger partial charge in [-0.05, 0) is 68.9 Å². The van der Waals surface area contributed by atoms with E-state index in [1.165, 1.54) is 0 Å². The first-order valence-corrected chi connectivity index (χ1v) is 10.7. The number of rotatable bonds is 5. The Kier molecular flexibility index (Phi) is 5.62. The zero-order chi connectivity index (χ0) is 22.2. The van der Waals surface area contributed by atoms with E-state index in [-0.39, 0.29) is 17.6 Å². The molecule has 1 aromatic carbocycles. The van der Waals surface area contributed by atoms with E-state index in [9.17, 15) is 0 Å². The lowest BCUT2D eigenvalue weighted by atomic mass is 9.98. The summed E-state index contributed by atoms with van der Waals surface area (Å²) >= 11 is 5.82. The van der Waals surface area contributed by atoms with E-state index >= 15 is 0 Å². The van der Waals surface area contributed by atoms with Gasteiger partial charge >= 0.3 is 0 Å². The van der Waals surface area contributed by atoms with Gasteiger partial charge in [-0.2, -0.15) is 0 Å². The van der Waals surface area contributed by atoms with Crippen LogP contribution in [0.4, 0.5) is 5.69 Å². The summed E-state index contributed by atoms with van der Waals surface area (Å²) in [6.45, 7) is 6.57. The molecule has 7 heteroatoms. The number of hydrogen-bond donors (Lipinski definition) is 1. The minimum absolute atomic E-state index is 0.0199. The summed E-state index contributed by atoms with van der Waals surface area (Å²) in [5.41, 5.74) is 2.95. The van der Waals surface area contributed by atoms with E-state index in [0.29, 0.717) is 10.9 Å². The smallest absolute Gasteiger partial charge is 0.174 e. The van der Waals surface area contributed by atoms with Gasteiger partial charge in [-0.3, -0.25) is 4.98 Å². The fourth-order valence-electron chi connectivity index (χ4n) is 3.94. The normalized spacial score (nSPS) is 18.7. The number of nitrogens with zero attached hydrogens (tertiary/aromatic N) is 3. The summed E-state index contributed by atoms with van der Waals surface area (Å²) < 4.78 is 13.3. The maximum Gasteiger partial charge on any atom is 0.174 e. The van der Waals surface area contributed by atoms with Crippen LogP contribution in [0.25, 0.3) is 0 Å². The number of thiocarbonyl (C=S) groups is 1. The van der Waals surface area contributed by atoms with Gasteiger partial charge in [0.1, 0.15) is 11.5 Å². The molecule has 0 radical (unpaired) electrons. The summed E-state index contributed by atoms with van der Waals surface area (Å²) in [5.74, 6) is 1.43. The number of ether oxygens (including phenoxy) is 2. The largest absolute Gasteiger partial charge is 0.497 e. The van der Waals surface area contributed by atoms with Gasteiger partial charge in [-0.1, -0.05) is 6.07 Å². The topological polar surface area (TPSA) is 51.5 Å². The second kappa shape index (κ2) is 8.23. The van der Waals surface area contributed by atoms with E-state index in [1.54, 1.807) is 14.2 Å². The maximum atomic E-state index is 5.82. The van der Waals surface area contributed by atoms with Crippen LogP contribution in [0.3, 0.4) is 0 Å². The van der Waals surface area contributed by atoms with E-state index in [2.05, 4.69) is 59.0 Å². The second-order valence-electron chi connectivity index (χ2n) is 8.56. The van der Waals surface area contributed by atoms with Gasteiger partial charge in [0.2, 0.25) is 0 Å². The fraction of sp³-hybridized carbons (Fsp3) is 0.333. The Bertz CT molecular complexity index is 1070. The highest BCUT2D eigenvalue weighted by Crippen LogP contribution is 2.45. The third-order valence-electron chi connectivity index (χ3n) is 5.58. The molecule has 0 unspecified atom stereocenters. The lowest BCUT2D eigenvalue weighted by Crippen LogP contribution is -2.29. The number of pyridine rings is 1. The first-order chi connectivity index (χ1) is 14.8. The van der Waals surface area contributed by atoms with Gasteiger partial charge in [0.05, 0.1) is 37.7 Å². The Morgan fingerprint density at radius 2 is 1.87 bits per heavy atom. The Labute approximate surface area is 188 Å². The van der Waals surface area contributed by atoms with Crippen LogP contribution in [0.5, 0.6) is 11.5 Å². The molecule has 3 heterocycles. The molecule has 0 amide bonds. The molecule has 1 aliphatic rings. The van der Waals surface area contributed by atoms with Crippen molar-refractivity contribution in [2.24, 2.45) is 0 Å². The predicted molar refractivity (Wildman–Crippen MR) is 127 cm³/mol. The molecule has 0 bridgehead atoms. The number of benzene rings is 1. The van der Waals surface area contributed by atoms with Crippen molar-refractivity contribution in [1.82, 2.24) is 14.9 Å². The van der Waals surface area contributed by atoms with Gasteiger partial charge in [0.25, 0.3) is 0 Å². The summed E-state index contributed by atoms with van der Waals surface area (Å²) in [6.07, 6.45) is 6.13. The standard InChI is InChI=1S/C24H28N4O2S/c1-24(2,3)27-13-11-16(15-27)22-21(18-8-6-7-12-25-18)26-23(31)28(22)19-10-9-17(29-4)14-20(19)30-5/h6-15,21-22H,1-5H3,(H,26,31)/t21-,22-/m0/s1. The van der Waals surface area contributed by atoms with Crippen molar-refractivity contribution in [2.45, 2.75) is 38.4 Å². The molecule has 0 saturated carbocycles. The van der Waals surface area contributed by atoms with Crippen molar-refractivity contribution < 1.29 is 9.47 Å². The first kappa shape index (κ1) is 21.2. The molecule has 0 spiro atoms. The highest BCUT2D eigenvalue weighted by atomic mass is 32.1. The number of anilines is 1. The van der Waals surface area contributed by atoms with Crippen molar-refractivity contribution in [3.05, 3.63) is 72.3 Å². The summed E-state index contributed by atoms with van der Waals surface area (Å²) in [7, 11) is 3.30. The average Bonchev–Trinajstić information content (AvgIpc) is 3.38. The van der Waals surface area contributed by atoms with Gasteiger partial charge in [-0.25, -0.2) is 0 Å². The Morgan fingerprint density at radius 1 is 1.06 bits per heavy atom. The van der Waals surface area contributed by atoms with Crippen molar-refractivity contribution >= 4 is 23.0 Å². The first-order valence-electron chi connectivity index (χ1n) is 10.2. The van der Waals surface area contributed by atoms with Gasteiger partial charge in [0.15, 0.2) is 5.11 Å². The van der Waals surface area contributed by atoms with Crippen LogP contribution >= 0.6 is 12.2 Å². The van der Waals surface area contributed by atoms with Crippen LogP contribution in [0.2, 0.25) is 0 Å². The Hall–Kier alpha value is -3.06. The quantitative estimate of drug-likeness (QED) is 0.578. The third kappa shape index (κ3) is 3.97. The molecule has 2 aromatic heterocycles. The molecular weight excluding hydrogens is 408 g/mol.